The zero-order valence-electron chi connectivity index (χ0n) is 7.62. The molecule has 1 heterocycles. The van der Waals surface area contributed by atoms with Crippen molar-refractivity contribution in [2.24, 2.45) is 0 Å². The van der Waals surface area contributed by atoms with Crippen LogP contribution in [0.4, 0.5) is 5.82 Å². The number of hydrogen-bond acceptors (Lipinski definition) is 4. The Balaban J connectivity index is 2.53. The summed E-state index contributed by atoms with van der Waals surface area (Å²) >= 11 is 2.15. The molecule has 1 aromatic rings. The molecule has 0 aromatic carbocycles. The van der Waals surface area contributed by atoms with Gasteiger partial charge < -0.3 is 10.1 Å². The van der Waals surface area contributed by atoms with Crippen molar-refractivity contribution in [3.8, 4) is 0 Å². The summed E-state index contributed by atoms with van der Waals surface area (Å²) in [5, 5.41) is 3.20. The van der Waals surface area contributed by atoms with Crippen molar-refractivity contribution in [2.75, 3.05) is 19.0 Å². The highest BCUT2D eigenvalue weighted by molar-refractivity contribution is 14.1. The summed E-state index contributed by atoms with van der Waals surface area (Å²) < 4.78 is 5.93. The van der Waals surface area contributed by atoms with Crippen molar-refractivity contribution >= 4 is 28.4 Å². The van der Waals surface area contributed by atoms with Crippen LogP contribution in [0.5, 0.6) is 0 Å². The van der Waals surface area contributed by atoms with Crippen molar-refractivity contribution in [3.05, 3.63) is 16.1 Å². The molecule has 72 valence electrons. The van der Waals surface area contributed by atoms with E-state index < -0.39 is 0 Å². The third-order valence-electron chi connectivity index (χ3n) is 1.44. The highest BCUT2D eigenvalue weighted by atomic mass is 127. The maximum atomic E-state index is 5.00. The average molecular weight is 293 g/mol. The summed E-state index contributed by atoms with van der Waals surface area (Å²) in [6.45, 7) is 2.71. The Morgan fingerprint density at radius 2 is 2.38 bits per heavy atom. The molecule has 13 heavy (non-hydrogen) atoms. The first-order valence-corrected chi connectivity index (χ1v) is 5.03. The number of hydrogen-bond donors (Lipinski definition) is 1. The maximum Gasteiger partial charge on any atom is 0.130 e. The number of ether oxygens (including phenoxy) is 1. The number of rotatable bonds is 4. The molecule has 0 aliphatic carbocycles. The molecule has 0 radical (unpaired) electrons. The highest BCUT2D eigenvalue weighted by Crippen LogP contribution is 2.07. The minimum Gasteiger partial charge on any atom is -0.383 e. The Bertz CT molecular complexity index is 269. The van der Waals surface area contributed by atoms with E-state index in [0.29, 0.717) is 6.61 Å². The fourth-order valence-corrected chi connectivity index (χ4v) is 1.38. The smallest absolute Gasteiger partial charge is 0.130 e. The predicted octanol–water partition coefficient (Wildman–Crippen LogP) is 1.53. The van der Waals surface area contributed by atoms with Crippen LogP contribution in [0.1, 0.15) is 6.92 Å². The van der Waals surface area contributed by atoms with E-state index in [1.165, 1.54) is 0 Å². The minimum atomic E-state index is 0.260. The van der Waals surface area contributed by atoms with Gasteiger partial charge in [-0.3, -0.25) is 0 Å². The molecule has 0 aliphatic heterocycles. The quantitative estimate of drug-likeness (QED) is 0.675. The van der Waals surface area contributed by atoms with Gasteiger partial charge in [0.15, 0.2) is 0 Å². The molecule has 4 nitrogen and oxygen atoms in total. The summed E-state index contributed by atoms with van der Waals surface area (Å²) in [6, 6.07) is 2.16. The monoisotopic (exact) mass is 293 g/mol. The molecule has 0 amide bonds. The molecule has 1 atom stereocenters. The molecular formula is C8H12IN3O. The van der Waals surface area contributed by atoms with E-state index in [4.69, 9.17) is 4.74 Å². The molecule has 0 spiro atoms. The zero-order chi connectivity index (χ0) is 9.68. The second kappa shape index (κ2) is 5.33. The molecule has 0 saturated heterocycles. The van der Waals surface area contributed by atoms with Crippen molar-refractivity contribution in [2.45, 2.75) is 13.0 Å². The van der Waals surface area contributed by atoms with Gasteiger partial charge in [0.25, 0.3) is 0 Å². The Hall–Kier alpha value is -0.430. The lowest BCUT2D eigenvalue weighted by Gasteiger charge is -2.12. The van der Waals surface area contributed by atoms with Gasteiger partial charge in [-0.15, -0.1) is 0 Å². The van der Waals surface area contributed by atoms with Crippen LogP contribution in [-0.4, -0.2) is 29.7 Å². The minimum absolute atomic E-state index is 0.260. The summed E-state index contributed by atoms with van der Waals surface area (Å²) in [4.78, 5) is 8.08. The van der Waals surface area contributed by atoms with E-state index in [1.54, 1.807) is 13.4 Å². The predicted molar refractivity (Wildman–Crippen MR) is 59.7 cm³/mol. The van der Waals surface area contributed by atoms with Gasteiger partial charge in [0.2, 0.25) is 0 Å². The van der Waals surface area contributed by atoms with Crippen molar-refractivity contribution < 1.29 is 4.74 Å². The molecule has 0 bridgehead atoms. The van der Waals surface area contributed by atoms with Crippen molar-refractivity contribution in [1.82, 2.24) is 9.97 Å². The lowest BCUT2D eigenvalue weighted by Crippen LogP contribution is -2.21. The molecule has 0 fully saturated rings. The Morgan fingerprint density at radius 3 is 3.00 bits per heavy atom. The van der Waals surface area contributed by atoms with E-state index in [9.17, 15) is 0 Å². The van der Waals surface area contributed by atoms with Gasteiger partial charge >= 0.3 is 0 Å². The molecular weight excluding hydrogens is 281 g/mol. The van der Waals surface area contributed by atoms with Crippen molar-refractivity contribution in [1.29, 1.82) is 0 Å². The molecule has 0 aliphatic rings. The summed E-state index contributed by atoms with van der Waals surface area (Å²) in [6.07, 6.45) is 1.55. The molecule has 1 N–H and O–H groups in total. The standard InChI is InChI=1S/C8H12IN3O/c1-6(4-13-2)12-8-3-7(9)10-5-11-8/h3,5-6H,4H2,1-2H3,(H,10,11,12). The van der Waals surface area contributed by atoms with Gasteiger partial charge in [-0.1, -0.05) is 0 Å². The number of aromatic nitrogens is 2. The van der Waals surface area contributed by atoms with Crippen LogP contribution >= 0.6 is 22.6 Å². The third-order valence-corrected chi connectivity index (χ3v) is 2.03. The van der Waals surface area contributed by atoms with Crippen LogP contribution in [0, 0.1) is 3.70 Å². The highest BCUT2D eigenvalue weighted by Gasteiger charge is 2.01. The first-order chi connectivity index (χ1) is 6.22. The van der Waals surface area contributed by atoms with E-state index >= 15 is 0 Å². The largest absolute Gasteiger partial charge is 0.383 e. The van der Waals surface area contributed by atoms with Gasteiger partial charge in [-0.2, -0.15) is 0 Å². The van der Waals surface area contributed by atoms with E-state index in [2.05, 4.69) is 37.9 Å². The Labute approximate surface area is 91.3 Å². The number of nitrogens with one attached hydrogen (secondary N) is 1. The molecule has 0 saturated carbocycles. The average Bonchev–Trinajstić information content (AvgIpc) is 2.04. The van der Waals surface area contributed by atoms with Crippen LogP contribution in [0.15, 0.2) is 12.4 Å². The molecule has 5 heteroatoms. The van der Waals surface area contributed by atoms with Crippen LogP contribution in [0.25, 0.3) is 0 Å². The lowest BCUT2D eigenvalue weighted by molar-refractivity contribution is 0.190. The van der Waals surface area contributed by atoms with E-state index in [-0.39, 0.29) is 6.04 Å². The van der Waals surface area contributed by atoms with E-state index in [1.807, 2.05) is 13.0 Å². The fourth-order valence-electron chi connectivity index (χ4n) is 0.957. The molecule has 1 rings (SSSR count). The Morgan fingerprint density at radius 1 is 1.62 bits per heavy atom. The molecule has 1 unspecified atom stereocenters. The van der Waals surface area contributed by atoms with Gasteiger partial charge in [0.1, 0.15) is 15.8 Å². The van der Waals surface area contributed by atoms with Crippen molar-refractivity contribution in [3.63, 3.8) is 0 Å². The van der Waals surface area contributed by atoms with Crippen LogP contribution < -0.4 is 5.32 Å². The van der Waals surface area contributed by atoms with Crippen LogP contribution in [-0.2, 0) is 4.74 Å². The number of nitrogens with zero attached hydrogens (tertiary/aromatic N) is 2. The van der Waals surface area contributed by atoms with Gasteiger partial charge in [-0.25, -0.2) is 9.97 Å². The lowest BCUT2D eigenvalue weighted by atomic mass is 10.3. The third kappa shape index (κ3) is 3.86. The summed E-state index contributed by atoms with van der Waals surface area (Å²) in [7, 11) is 1.68. The normalized spacial score (nSPS) is 12.5. The van der Waals surface area contributed by atoms with Crippen LogP contribution in [0.2, 0.25) is 0 Å². The summed E-state index contributed by atoms with van der Waals surface area (Å²) in [5.74, 6) is 0.837. The summed E-state index contributed by atoms with van der Waals surface area (Å²) in [5.41, 5.74) is 0. The van der Waals surface area contributed by atoms with Gasteiger partial charge in [0, 0.05) is 19.2 Å². The second-order valence-electron chi connectivity index (χ2n) is 2.73. The zero-order valence-corrected chi connectivity index (χ0v) is 9.78. The van der Waals surface area contributed by atoms with Crippen LogP contribution in [0.3, 0.4) is 0 Å². The maximum absolute atomic E-state index is 5.00. The first kappa shape index (κ1) is 10.6. The number of anilines is 1. The molecule has 1 aromatic heterocycles. The topological polar surface area (TPSA) is 47.0 Å². The Kier molecular flexibility index (Phi) is 4.37. The second-order valence-corrected chi connectivity index (χ2v) is 3.83. The fraction of sp³-hybridized carbons (Fsp3) is 0.500. The first-order valence-electron chi connectivity index (χ1n) is 3.95. The van der Waals surface area contributed by atoms with Gasteiger partial charge in [-0.05, 0) is 29.5 Å². The van der Waals surface area contributed by atoms with E-state index in [0.717, 1.165) is 9.52 Å². The SMILES string of the molecule is COCC(C)Nc1cc(I)ncn1. The number of halogens is 1. The van der Waals surface area contributed by atoms with Gasteiger partial charge in [0.05, 0.1) is 6.61 Å². The number of methoxy groups -OCH3 is 1.